The molecule has 0 atom stereocenters. The zero-order valence-corrected chi connectivity index (χ0v) is 17.7. The molecule has 31 heavy (non-hydrogen) atoms. The van der Waals surface area contributed by atoms with Crippen LogP contribution in [0.15, 0.2) is 78.2 Å². The smallest absolute Gasteiger partial charge is 0.228 e. The van der Waals surface area contributed by atoms with Crippen molar-refractivity contribution < 1.29 is 4.79 Å². The fraction of sp³-hybridized carbons (Fsp3) is 0.0800. The molecule has 0 spiro atoms. The van der Waals surface area contributed by atoms with Crippen molar-refractivity contribution in [3.63, 3.8) is 0 Å². The van der Waals surface area contributed by atoms with Crippen LogP contribution in [-0.4, -0.2) is 20.9 Å². The Kier molecular flexibility index (Phi) is 5.06. The van der Waals surface area contributed by atoms with Crippen molar-refractivity contribution in [2.75, 3.05) is 5.32 Å². The molecule has 0 saturated heterocycles. The maximum Gasteiger partial charge on any atom is 0.228 e. The fourth-order valence-corrected chi connectivity index (χ4v) is 4.17. The normalized spacial score (nSPS) is 11.0. The number of anilines is 1. The number of hydrogen-bond donors (Lipinski definition) is 2. The van der Waals surface area contributed by atoms with Gasteiger partial charge in [-0.25, -0.2) is 9.97 Å². The number of nitrogens with one attached hydrogen (secondary N) is 2. The maximum absolute atomic E-state index is 12.7. The summed E-state index contributed by atoms with van der Waals surface area (Å²) in [6.07, 6.45) is 0.296. The molecule has 3 aromatic carbocycles. The summed E-state index contributed by atoms with van der Waals surface area (Å²) in [5.74, 6) is 0.667. The van der Waals surface area contributed by atoms with E-state index >= 15 is 0 Å². The standard InChI is InChI=1S/C25H20N4OS/c1-16-26-23(15-31-16)18-12-10-17(11-13-18)14-24(30)27-20-7-3-2-6-19(20)25-28-21-8-4-5-9-22(21)29-25/h2-13,15H,14H2,1H3,(H,27,30)(H,28,29). The minimum absolute atomic E-state index is 0.0687. The van der Waals surface area contributed by atoms with Crippen LogP contribution in [0.25, 0.3) is 33.7 Å². The van der Waals surface area contributed by atoms with Crippen LogP contribution in [0.5, 0.6) is 0 Å². The third-order valence-electron chi connectivity index (χ3n) is 5.08. The van der Waals surface area contributed by atoms with Crippen molar-refractivity contribution in [2.45, 2.75) is 13.3 Å². The average Bonchev–Trinajstić information content (AvgIpc) is 3.41. The monoisotopic (exact) mass is 424 g/mol. The topological polar surface area (TPSA) is 70.7 Å². The average molecular weight is 425 g/mol. The first-order chi connectivity index (χ1) is 15.2. The second kappa shape index (κ2) is 8.16. The van der Waals surface area contributed by atoms with E-state index < -0.39 is 0 Å². The lowest BCUT2D eigenvalue weighted by atomic mass is 10.1. The van der Waals surface area contributed by atoms with Crippen LogP contribution in [0.4, 0.5) is 5.69 Å². The third kappa shape index (κ3) is 4.11. The lowest BCUT2D eigenvalue weighted by Gasteiger charge is -2.10. The van der Waals surface area contributed by atoms with E-state index in [1.807, 2.05) is 85.1 Å². The Balaban J connectivity index is 1.33. The molecule has 2 heterocycles. The van der Waals surface area contributed by atoms with E-state index in [1.54, 1.807) is 11.3 Å². The number of aromatic nitrogens is 3. The van der Waals surface area contributed by atoms with Gasteiger partial charge in [-0.2, -0.15) is 0 Å². The molecule has 0 fully saturated rings. The van der Waals surface area contributed by atoms with Crippen LogP contribution in [0.1, 0.15) is 10.6 Å². The zero-order chi connectivity index (χ0) is 21.2. The molecule has 6 heteroatoms. The van der Waals surface area contributed by atoms with Crippen LogP contribution in [-0.2, 0) is 11.2 Å². The minimum Gasteiger partial charge on any atom is -0.338 e. The maximum atomic E-state index is 12.7. The van der Waals surface area contributed by atoms with Gasteiger partial charge in [0.05, 0.1) is 33.8 Å². The number of H-pyrrole nitrogens is 1. The molecule has 0 aliphatic heterocycles. The number of amides is 1. The summed E-state index contributed by atoms with van der Waals surface area (Å²) >= 11 is 1.63. The van der Waals surface area contributed by atoms with Gasteiger partial charge in [0.25, 0.3) is 0 Å². The van der Waals surface area contributed by atoms with Gasteiger partial charge in [0.1, 0.15) is 5.82 Å². The summed E-state index contributed by atoms with van der Waals surface area (Å²) in [7, 11) is 0. The van der Waals surface area contributed by atoms with Crippen molar-refractivity contribution in [3.8, 4) is 22.6 Å². The van der Waals surface area contributed by atoms with Gasteiger partial charge >= 0.3 is 0 Å². The molecule has 0 aliphatic rings. The Morgan fingerprint density at radius 2 is 1.74 bits per heavy atom. The van der Waals surface area contributed by atoms with E-state index in [1.165, 1.54) is 0 Å². The van der Waals surface area contributed by atoms with E-state index in [2.05, 4.69) is 20.3 Å². The Bertz CT molecular complexity index is 1330. The van der Waals surface area contributed by atoms with E-state index in [9.17, 15) is 4.79 Å². The molecule has 152 valence electrons. The van der Waals surface area contributed by atoms with E-state index in [-0.39, 0.29) is 5.91 Å². The Hall–Kier alpha value is -3.77. The largest absolute Gasteiger partial charge is 0.338 e. The fourth-order valence-electron chi connectivity index (χ4n) is 3.55. The number of carbonyl (C=O) groups excluding carboxylic acids is 1. The Labute approximate surface area is 183 Å². The SMILES string of the molecule is Cc1nc(-c2ccc(CC(=O)Nc3ccccc3-c3nc4ccccc4[nH]3)cc2)cs1. The molecule has 5 aromatic rings. The number of aryl methyl sites for hydroxylation is 1. The first kappa shape index (κ1) is 19.2. The minimum atomic E-state index is -0.0687. The molecule has 0 aliphatic carbocycles. The second-order valence-corrected chi connectivity index (χ2v) is 8.38. The van der Waals surface area contributed by atoms with Crippen molar-refractivity contribution >= 4 is 34.0 Å². The van der Waals surface area contributed by atoms with Crippen LogP contribution in [0, 0.1) is 6.92 Å². The molecular formula is C25H20N4OS. The molecular weight excluding hydrogens is 404 g/mol. The summed E-state index contributed by atoms with van der Waals surface area (Å²) in [5.41, 5.74) is 6.45. The van der Waals surface area contributed by atoms with Crippen LogP contribution < -0.4 is 5.32 Å². The summed E-state index contributed by atoms with van der Waals surface area (Å²) in [6.45, 7) is 2.00. The second-order valence-electron chi connectivity index (χ2n) is 7.32. The molecule has 5 rings (SSSR count). The summed E-state index contributed by atoms with van der Waals surface area (Å²) in [6, 6.07) is 23.6. The van der Waals surface area contributed by atoms with Gasteiger partial charge in [-0.1, -0.05) is 48.5 Å². The zero-order valence-electron chi connectivity index (χ0n) is 16.9. The number of thiazole rings is 1. The van der Waals surface area contributed by atoms with Crippen molar-refractivity contribution in [1.29, 1.82) is 0 Å². The van der Waals surface area contributed by atoms with Crippen LogP contribution in [0.2, 0.25) is 0 Å². The number of carbonyl (C=O) groups is 1. The predicted octanol–water partition coefficient (Wildman–Crippen LogP) is 5.84. The van der Waals surface area contributed by atoms with Crippen molar-refractivity contribution in [3.05, 3.63) is 88.7 Å². The highest BCUT2D eigenvalue weighted by Gasteiger charge is 2.12. The van der Waals surface area contributed by atoms with Gasteiger partial charge in [0.15, 0.2) is 0 Å². The molecule has 2 aromatic heterocycles. The summed E-state index contributed by atoms with van der Waals surface area (Å²) in [5, 5.41) is 6.13. The molecule has 0 saturated carbocycles. The Morgan fingerprint density at radius 3 is 2.52 bits per heavy atom. The summed E-state index contributed by atoms with van der Waals surface area (Å²) < 4.78 is 0. The predicted molar refractivity (Wildman–Crippen MR) is 126 cm³/mol. The summed E-state index contributed by atoms with van der Waals surface area (Å²) in [4.78, 5) is 25.2. The van der Waals surface area contributed by atoms with Crippen LogP contribution in [0.3, 0.4) is 0 Å². The lowest BCUT2D eigenvalue weighted by molar-refractivity contribution is -0.115. The molecule has 0 radical (unpaired) electrons. The van der Waals surface area contributed by atoms with Gasteiger partial charge in [-0.05, 0) is 36.8 Å². The van der Waals surface area contributed by atoms with E-state index in [4.69, 9.17) is 0 Å². The Morgan fingerprint density at radius 1 is 0.968 bits per heavy atom. The number of para-hydroxylation sites is 3. The highest BCUT2D eigenvalue weighted by molar-refractivity contribution is 7.09. The number of aromatic amines is 1. The molecule has 2 N–H and O–H groups in total. The highest BCUT2D eigenvalue weighted by atomic mass is 32.1. The quantitative estimate of drug-likeness (QED) is 0.372. The number of fused-ring (bicyclic) bond motifs is 1. The van der Waals surface area contributed by atoms with Gasteiger partial charge in [-0.3, -0.25) is 4.79 Å². The lowest BCUT2D eigenvalue weighted by Crippen LogP contribution is -2.15. The molecule has 0 bridgehead atoms. The molecule has 5 nitrogen and oxygen atoms in total. The van der Waals surface area contributed by atoms with Crippen molar-refractivity contribution in [1.82, 2.24) is 15.0 Å². The first-order valence-corrected chi connectivity index (χ1v) is 10.9. The highest BCUT2D eigenvalue weighted by Crippen LogP contribution is 2.28. The number of benzene rings is 3. The number of hydrogen-bond acceptors (Lipinski definition) is 4. The van der Waals surface area contributed by atoms with Gasteiger partial charge in [0.2, 0.25) is 5.91 Å². The number of rotatable bonds is 5. The van der Waals surface area contributed by atoms with Gasteiger partial charge < -0.3 is 10.3 Å². The van der Waals surface area contributed by atoms with E-state index in [0.717, 1.165) is 49.9 Å². The van der Waals surface area contributed by atoms with Crippen molar-refractivity contribution in [2.24, 2.45) is 0 Å². The van der Waals surface area contributed by atoms with E-state index in [0.29, 0.717) is 6.42 Å². The van der Waals surface area contributed by atoms with Crippen LogP contribution >= 0.6 is 11.3 Å². The molecule has 0 unspecified atom stereocenters. The van der Waals surface area contributed by atoms with Gasteiger partial charge in [0, 0.05) is 16.5 Å². The van der Waals surface area contributed by atoms with Gasteiger partial charge in [-0.15, -0.1) is 11.3 Å². The molecule has 1 amide bonds. The number of imidazole rings is 1. The third-order valence-corrected chi connectivity index (χ3v) is 5.85. The first-order valence-electron chi connectivity index (χ1n) is 10.0. The number of nitrogens with zero attached hydrogens (tertiary/aromatic N) is 2.